The largest absolute Gasteiger partial charge is 0.455 e. The number of aryl methyl sites for hydroxylation is 1. The molecule has 0 aliphatic rings. The van der Waals surface area contributed by atoms with Gasteiger partial charge in [0.2, 0.25) is 8.32 Å². The van der Waals surface area contributed by atoms with Crippen molar-refractivity contribution in [3.05, 3.63) is 60.0 Å². The lowest BCUT2D eigenvalue weighted by Crippen LogP contribution is -2.41. The van der Waals surface area contributed by atoms with E-state index in [1.54, 1.807) is 25.1 Å². The fraction of sp³-hybridized carbons (Fsp3) is 0.167. The molecule has 0 aliphatic heterocycles. The number of hydrogen-bond acceptors (Lipinski definition) is 3. The minimum atomic E-state index is -2.52. The van der Waals surface area contributed by atoms with Crippen molar-refractivity contribution in [2.24, 2.45) is 0 Å². The molecule has 1 N–H and O–H groups in total. The zero-order valence-corrected chi connectivity index (χ0v) is 14.3. The zero-order chi connectivity index (χ0) is 16.6. The van der Waals surface area contributed by atoms with Crippen LogP contribution in [0.5, 0.6) is 11.5 Å². The Hall–Kier alpha value is -2.24. The van der Waals surface area contributed by atoms with Gasteiger partial charge in [0.15, 0.2) is 0 Å². The highest BCUT2D eigenvalue weighted by Crippen LogP contribution is 2.28. The number of rotatable bonds is 3. The van der Waals surface area contributed by atoms with Crippen LogP contribution >= 0.6 is 0 Å². The third-order valence-electron chi connectivity index (χ3n) is 3.71. The van der Waals surface area contributed by atoms with Crippen LogP contribution in [-0.4, -0.2) is 18.1 Å². The Bertz CT molecular complexity index is 875. The summed E-state index contributed by atoms with van der Waals surface area (Å²) >= 11 is 0. The highest BCUT2D eigenvalue weighted by atomic mass is 28.4. The molecule has 5 heteroatoms. The molecule has 0 unspecified atom stereocenters. The summed E-state index contributed by atoms with van der Waals surface area (Å²) in [5.41, 5.74) is 0.942. The maximum Gasteiger partial charge on any atom is 0.217 e. The molecule has 23 heavy (non-hydrogen) atoms. The number of ether oxygens (including phenoxy) is 1. The van der Waals surface area contributed by atoms with E-state index in [1.165, 1.54) is 6.07 Å². The van der Waals surface area contributed by atoms with Crippen LogP contribution in [0.25, 0.3) is 10.9 Å². The van der Waals surface area contributed by atoms with E-state index < -0.39 is 8.32 Å². The van der Waals surface area contributed by atoms with Gasteiger partial charge in [-0.3, -0.25) is 0 Å². The molecular weight excluding hydrogens is 309 g/mol. The summed E-state index contributed by atoms with van der Waals surface area (Å²) in [7, 11) is -2.52. The van der Waals surface area contributed by atoms with E-state index in [9.17, 15) is 9.19 Å². The molecule has 0 saturated carbocycles. The van der Waals surface area contributed by atoms with Crippen molar-refractivity contribution >= 4 is 24.4 Å². The Morgan fingerprint density at radius 1 is 1.04 bits per heavy atom. The molecule has 1 aromatic heterocycles. The summed E-state index contributed by atoms with van der Waals surface area (Å²) in [5, 5.41) is 1.50. The number of pyridine rings is 1. The first kappa shape index (κ1) is 15.6. The molecule has 0 spiro atoms. The Balaban J connectivity index is 2.08. The maximum absolute atomic E-state index is 13.8. The van der Waals surface area contributed by atoms with Crippen molar-refractivity contribution in [2.45, 2.75) is 20.0 Å². The minimum absolute atomic E-state index is 0.336. The topological polar surface area (TPSA) is 42.4 Å². The normalized spacial score (nSPS) is 11.7. The lowest BCUT2D eigenvalue weighted by Gasteiger charge is -2.19. The van der Waals surface area contributed by atoms with Crippen LogP contribution in [0.1, 0.15) is 5.69 Å². The summed E-state index contributed by atoms with van der Waals surface area (Å²) in [5.74, 6) is 0.836. The van der Waals surface area contributed by atoms with Gasteiger partial charge >= 0.3 is 0 Å². The quantitative estimate of drug-likeness (QED) is 0.742. The molecule has 2 aromatic carbocycles. The fourth-order valence-electron chi connectivity index (χ4n) is 2.52. The van der Waals surface area contributed by atoms with Gasteiger partial charge in [0.1, 0.15) is 22.8 Å². The minimum Gasteiger partial charge on any atom is -0.455 e. The van der Waals surface area contributed by atoms with Crippen molar-refractivity contribution in [3.63, 3.8) is 0 Å². The van der Waals surface area contributed by atoms with E-state index in [2.05, 4.69) is 4.98 Å². The van der Waals surface area contributed by atoms with Crippen molar-refractivity contribution < 1.29 is 13.9 Å². The molecular formula is C18H18FNO2Si. The first-order valence-electron chi connectivity index (χ1n) is 7.42. The molecule has 0 bridgehead atoms. The van der Waals surface area contributed by atoms with Gasteiger partial charge in [-0.2, -0.15) is 0 Å². The number of para-hydroxylation sites is 2. The summed E-state index contributed by atoms with van der Waals surface area (Å²) in [6.07, 6.45) is 0. The second kappa shape index (κ2) is 5.75. The molecule has 0 radical (unpaired) electrons. The Morgan fingerprint density at radius 3 is 2.52 bits per heavy atom. The second-order valence-electron chi connectivity index (χ2n) is 6.04. The highest BCUT2D eigenvalue weighted by Gasteiger charge is 2.24. The highest BCUT2D eigenvalue weighted by molar-refractivity contribution is 6.83. The van der Waals surface area contributed by atoms with Crippen LogP contribution in [0.15, 0.2) is 48.5 Å². The van der Waals surface area contributed by atoms with E-state index in [-0.39, 0.29) is 5.82 Å². The summed E-state index contributed by atoms with van der Waals surface area (Å²) in [6, 6.07) is 14.1. The third-order valence-corrected chi connectivity index (χ3v) is 5.44. The summed E-state index contributed by atoms with van der Waals surface area (Å²) in [6.45, 7) is 5.47. The van der Waals surface area contributed by atoms with E-state index >= 15 is 0 Å². The van der Waals surface area contributed by atoms with Gasteiger partial charge in [-0.25, -0.2) is 9.37 Å². The number of benzene rings is 2. The molecule has 0 amide bonds. The smallest absolute Gasteiger partial charge is 0.217 e. The van der Waals surface area contributed by atoms with Gasteiger partial charge in [-0.15, -0.1) is 0 Å². The van der Waals surface area contributed by atoms with E-state index in [0.29, 0.717) is 28.1 Å². The molecule has 118 valence electrons. The van der Waals surface area contributed by atoms with Crippen molar-refractivity contribution in [1.29, 1.82) is 0 Å². The predicted octanol–water partition coefficient (Wildman–Crippen LogP) is 3.88. The standard InChI is InChI=1S/C18H18FNO2Si/c1-12-16(11-13-7-6-8-14(19)18(13)20-12)22-15-9-4-5-10-17(15)23(2,3)21/h4-11,21H,1-3H3. The van der Waals surface area contributed by atoms with Gasteiger partial charge in [0, 0.05) is 10.6 Å². The van der Waals surface area contributed by atoms with Crippen molar-refractivity contribution in [1.82, 2.24) is 4.98 Å². The van der Waals surface area contributed by atoms with Crippen LogP contribution in [-0.2, 0) is 0 Å². The molecule has 3 nitrogen and oxygen atoms in total. The lowest BCUT2D eigenvalue weighted by molar-refractivity contribution is 0.477. The number of halogens is 1. The van der Waals surface area contributed by atoms with E-state index in [1.807, 2.05) is 37.4 Å². The maximum atomic E-state index is 13.8. The number of fused-ring (bicyclic) bond motifs is 1. The van der Waals surface area contributed by atoms with Crippen molar-refractivity contribution in [2.75, 3.05) is 0 Å². The van der Waals surface area contributed by atoms with Crippen LogP contribution in [0, 0.1) is 12.7 Å². The molecule has 0 atom stereocenters. The number of aromatic nitrogens is 1. The van der Waals surface area contributed by atoms with Crippen molar-refractivity contribution in [3.8, 4) is 11.5 Å². The van der Waals surface area contributed by atoms with Gasteiger partial charge in [-0.05, 0) is 38.2 Å². The first-order valence-corrected chi connectivity index (χ1v) is 10.4. The van der Waals surface area contributed by atoms with E-state index in [0.717, 1.165) is 5.19 Å². The van der Waals surface area contributed by atoms with Gasteiger partial charge < -0.3 is 9.53 Å². The monoisotopic (exact) mass is 327 g/mol. The van der Waals surface area contributed by atoms with Crippen LogP contribution < -0.4 is 9.92 Å². The first-order chi connectivity index (χ1) is 10.9. The second-order valence-corrected chi connectivity index (χ2v) is 9.70. The predicted molar refractivity (Wildman–Crippen MR) is 92.3 cm³/mol. The Labute approximate surface area is 135 Å². The average Bonchev–Trinajstić information content (AvgIpc) is 2.49. The molecule has 0 saturated heterocycles. The van der Waals surface area contributed by atoms with Crippen LogP contribution in [0.4, 0.5) is 4.39 Å². The number of nitrogens with zero attached hydrogens (tertiary/aromatic N) is 1. The van der Waals surface area contributed by atoms with Gasteiger partial charge in [0.25, 0.3) is 0 Å². The summed E-state index contributed by atoms with van der Waals surface area (Å²) < 4.78 is 19.8. The molecule has 3 rings (SSSR count). The molecule has 0 fully saturated rings. The lowest BCUT2D eigenvalue weighted by atomic mass is 10.2. The Morgan fingerprint density at radius 2 is 1.78 bits per heavy atom. The number of hydrogen-bond donors (Lipinski definition) is 1. The average molecular weight is 327 g/mol. The van der Waals surface area contributed by atoms with Crippen LogP contribution in [0.2, 0.25) is 13.1 Å². The Kier molecular flexibility index (Phi) is 3.91. The zero-order valence-electron chi connectivity index (χ0n) is 13.3. The fourth-order valence-corrected chi connectivity index (χ4v) is 3.76. The van der Waals surface area contributed by atoms with Gasteiger partial charge in [0.05, 0.1) is 5.69 Å². The molecule has 3 aromatic rings. The van der Waals surface area contributed by atoms with Crippen LogP contribution in [0.3, 0.4) is 0 Å². The molecule has 1 heterocycles. The summed E-state index contributed by atoms with van der Waals surface area (Å²) in [4.78, 5) is 14.7. The van der Waals surface area contributed by atoms with E-state index in [4.69, 9.17) is 4.74 Å². The van der Waals surface area contributed by atoms with Gasteiger partial charge in [-0.1, -0.05) is 30.3 Å². The SMILES string of the molecule is Cc1nc2c(F)cccc2cc1Oc1ccccc1[Si](C)(C)O. The third kappa shape index (κ3) is 3.11. The molecule has 0 aliphatic carbocycles.